The van der Waals surface area contributed by atoms with Gasteiger partial charge in [0.15, 0.2) is 3.77 Å². The predicted octanol–water partition coefficient (Wildman–Crippen LogP) is 3.17. The van der Waals surface area contributed by atoms with Crippen molar-refractivity contribution in [3.05, 3.63) is 57.8 Å². The van der Waals surface area contributed by atoms with Gasteiger partial charge < -0.3 is 9.73 Å². The van der Waals surface area contributed by atoms with E-state index >= 15 is 0 Å². The first-order valence-corrected chi connectivity index (χ1v) is 6.87. The lowest BCUT2D eigenvalue weighted by Crippen LogP contribution is -2.24. The molecule has 2 aromatic heterocycles. The van der Waals surface area contributed by atoms with Crippen LogP contribution in [0, 0.1) is 3.77 Å². The van der Waals surface area contributed by atoms with Crippen LogP contribution in [0.5, 0.6) is 0 Å². The van der Waals surface area contributed by atoms with Gasteiger partial charge in [-0.05, 0) is 59.4 Å². The van der Waals surface area contributed by atoms with Crippen molar-refractivity contribution in [1.82, 2.24) is 10.3 Å². The Morgan fingerprint density at radius 2 is 2.32 bits per heavy atom. The van der Waals surface area contributed by atoms with Gasteiger partial charge in [0, 0.05) is 18.5 Å². The zero-order chi connectivity index (χ0) is 13.7. The number of hydrogen-bond donors (Lipinski definition) is 1. The zero-order valence-corrected chi connectivity index (χ0v) is 12.5. The van der Waals surface area contributed by atoms with E-state index in [-0.39, 0.29) is 11.9 Å². The summed E-state index contributed by atoms with van der Waals surface area (Å²) in [6.45, 7) is 1.92. The highest BCUT2D eigenvalue weighted by Gasteiger charge is 2.07. The van der Waals surface area contributed by atoms with Gasteiger partial charge in [-0.15, -0.1) is 0 Å². The first-order chi connectivity index (χ1) is 9.15. The predicted molar refractivity (Wildman–Crippen MR) is 81.3 cm³/mol. The Hall–Kier alpha value is -1.63. The van der Waals surface area contributed by atoms with Crippen molar-refractivity contribution in [3.63, 3.8) is 0 Å². The van der Waals surface area contributed by atoms with Gasteiger partial charge in [-0.1, -0.05) is 6.07 Å². The lowest BCUT2D eigenvalue weighted by atomic mass is 10.1. The molecular formula is C14H13IN2O2. The molecule has 0 aliphatic rings. The first-order valence-electron chi connectivity index (χ1n) is 5.79. The summed E-state index contributed by atoms with van der Waals surface area (Å²) in [5.41, 5.74) is 0.969. The number of amides is 1. The van der Waals surface area contributed by atoms with Gasteiger partial charge in [-0.2, -0.15) is 0 Å². The second kappa shape index (κ2) is 6.51. The monoisotopic (exact) mass is 368 g/mol. The number of furan rings is 1. The van der Waals surface area contributed by atoms with Crippen LogP contribution in [0.1, 0.15) is 24.3 Å². The van der Waals surface area contributed by atoms with Crippen LogP contribution in [0.4, 0.5) is 0 Å². The SMILES string of the molecule is CC(NC(=O)/C=C/c1ccc(I)o1)c1cccnc1. The molecule has 1 unspecified atom stereocenters. The minimum atomic E-state index is -0.164. The van der Waals surface area contributed by atoms with Crippen LogP contribution in [-0.2, 0) is 4.79 Å². The van der Waals surface area contributed by atoms with Crippen molar-refractivity contribution in [3.8, 4) is 0 Å². The fourth-order valence-corrected chi connectivity index (χ4v) is 1.99. The van der Waals surface area contributed by atoms with Gasteiger partial charge in [-0.3, -0.25) is 9.78 Å². The Morgan fingerprint density at radius 3 is 2.95 bits per heavy atom. The second-order valence-corrected chi connectivity index (χ2v) is 5.06. The Bertz CT molecular complexity index is 578. The summed E-state index contributed by atoms with van der Waals surface area (Å²) in [6, 6.07) is 7.35. The molecule has 0 radical (unpaired) electrons. The van der Waals surface area contributed by atoms with E-state index in [0.717, 1.165) is 9.33 Å². The molecule has 2 rings (SSSR count). The van der Waals surface area contributed by atoms with Crippen molar-refractivity contribution in [2.24, 2.45) is 0 Å². The largest absolute Gasteiger partial charge is 0.451 e. The maximum Gasteiger partial charge on any atom is 0.244 e. The quantitative estimate of drug-likeness (QED) is 0.666. The molecule has 1 amide bonds. The molecule has 4 nitrogen and oxygen atoms in total. The van der Waals surface area contributed by atoms with Gasteiger partial charge in [0.2, 0.25) is 5.91 Å². The summed E-state index contributed by atoms with van der Waals surface area (Å²) in [4.78, 5) is 15.8. The number of halogens is 1. The van der Waals surface area contributed by atoms with E-state index in [1.165, 1.54) is 6.08 Å². The van der Waals surface area contributed by atoms with E-state index in [0.29, 0.717) is 5.76 Å². The van der Waals surface area contributed by atoms with E-state index in [2.05, 4.69) is 32.9 Å². The summed E-state index contributed by atoms with van der Waals surface area (Å²) in [6.07, 6.45) is 6.55. The van der Waals surface area contributed by atoms with Crippen molar-refractivity contribution < 1.29 is 9.21 Å². The van der Waals surface area contributed by atoms with Crippen molar-refractivity contribution in [2.45, 2.75) is 13.0 Å². The molecule has 0 aromatic carbocycles. The van der Waals surface area contributed by atoms with Crippen LogP contribution in [0.25, 0.3) is 6.08 Å². The van der Waals surface area contributed by atoms with Gasteiger partial charge in [-0.25, -0.2) is 0 Å². The Balaban J connectivity index is 1.93. The van der Waals surface area contributed by atoms with Gasteiger partial charge in [0.05, 0.1) is 6.04 Å². The van der Waals surface area contributed by atoms with Crippen molar-refractivity contribution >= 4 is 34.6 Å². The third kappa shape index (κ3) is 4.20. The number of nitrogens with one attached hydrogen (secondary N) is 1. The molecule has 0 saturated carbocycles. The summed E-state index contributed by atoms with van der Waals surface area (Å²) in [5.74, 6) is 0.497. The molecule has 0 saturated heterocycles. The number of carbonyl (C=O) groups excluding carboxylic acids is 1. The summed E-state index contributed by atoms with van der Waals surface area (Å²) >= 11 is 2.08. The number of pyridine rings is 1. The van der Waals surface area contributed by atoms with Crippen LogP contribution in [0.3, 0.4) is 0 Å². The van der Waals surface area contributed by atoms with Crippen LogP contribution in [-0.4, -0.2) is 10.9 Å². The zero-order valence-electron chi connectivity index (χ0n) is 10.3. The van der Waals surface area contributed by atoms with Gasteiger partial charge in [0.1, 0.15) is 5.76 Å². The van der Waals surface area contributed by atoms with E-state index in [1.54, 1.807) is 18.5 Å². The fourth-order valence-electron chi connectivity index (χ4n) is 1.55. The second-order valence-electron chi connectivity index (χ2n) is 3.99. The molecular weight excluding hydrogens is 355 g/mol. The maximum atomic E-state index is 11.7. The fraction of sp³-hybridized carbons (Fsp3) is 0.143. The van der Waals surface area contributed by atoms with E-state index in [4.69, 9.17) is 4.42 Å². The average Bonchev–Trinajstić information content (AvgIpc) is 2.83. The van der Waals surface area contributed by atoms with Gasteiger partial charge >= 0.3 is 0 Å². The molecule has 2 aromatic rings. The van der Waals surface area contributed by atoms with Crippen LogP contribution < -0.4 is 5.32 Å². The van der Waals surface area contributed by atoms with E-state index in [1.807, 2.05) is 31.2 Å². The molecule has 98 valence electrons. The summed E-state index contributed by atoms with van der Waals surface area (Å²) in [7, 11) is 0. The molecule has 0 aliphatic carbocycles. The van der Waals surface area contributed by atoms with Crippen LogP contribution in [0.2, 0.25) is 0 Å². The smallest absolute Gasteiger partial charge is 0.244 e. The Labute approximate surface area is 125 Å². The molecule has 0 fully saturated rings. The third-order valence-electron chi connectivity index (χ3n) is 2.54. The van der Waals surface area contributed by atoms with E-state index in [9.17, 15) is 4.79 Å². The molecule has 0 aliphatic heterocycles. The molecule has 1 N–H and O–H groups in total. The third-order valence-corrected chi connectivity index (χ3v) is 3.12. The lowest BCUT2D eigenvalue weighted by Gasteiger charge is -2.11. The minimum Gasteiger partial charge on any atom is -0.451 e. The Morgan fingerprint density at radius 1 is 1.47 bits per heavy atom. The Kier molecular flexibility index (Phi) is 4.73. The molecule has 0 spiro atoms. The normalized spacial score (nSPS) is 12.5. The molecule has 2 heterocycles. The number of carbonyl (C=O) groups is 1. The first kappa shape index (κ1) is 13.8. The van der Waals surface area contributed by atoms with Gasteiger partial charge in [0.25, 0.3) is 0 Å². The summed E-state index contributed by atoms with van der Waals surface area (Å²) in [5, 5.41) is 2.86. The molecule has 1 atom stereocenters. The highest BCUT2D eigenvalue weighted by Crippen LogP contribution is 2.12. The number of rotatable bonds is 4. The van der Waals surface area contributed by atoms with Crippen molar-refractivity contribution in [1.29, 1.82) is 0 Å². The minimum absolute atomic E-state index is 0.0809. The lowest BCUT2D eigenvalue weighted by molar-refractivity contribution is -0.117. The van der Waals surface area contributed by atoms with Crippen LogP contribution >= 0.6 is 22.6 Å². The summed E-state index contributed by atoms with van der Waals surface area (Å²) < 4.78 is 6.13. The molecule has 5 heteroatoms. The molecule has 19 heavy (non-hydrogen) atoms. The highest BCUT2D eigenvalue weighted by atomic mass is 127. The van der Waals surface area contributed by atoms with E-state index < -0.39 is 0 Å². The maximum absolute atomic E-state index is 11.7. The average molecular weight is 368 g/mol. The molecule has 0 bridgehead atoms. The van der Waals surface area contributed by atoms with Crippen LogP contribution in [0.15, 0.2) is 47.2 Å². The topological polar surface area (TPSA) is 55.1 Å². The number of aromatic nitrogens is 1. The number of nitrogens with zero attached hydrogens (tertiary/aromatic N) is 1. The number of hydrogen-bond acceptors (Lipinski definition) is 3. The standard InChI is InChI=1S/C14H13IN2O2/c1-10(11-3-2-8-16-9-11)17-14(18)7-5-12-4-6-13(15)19-12/h2-10H,1H3,(H,17,18)/b7-5+. The van der Waals surface area contributed by atoms with Crippen molar-refractivity contribution in [2.75, 3.05) is 0 Å². The highest BCUT2D eigenvalue weighted by molar-refractivity contribution is 14.1.